The van der Waals surface area contributed by atoms with E-state index >= 15 is 0 Å². The predicted octanol–water partition coefficient (Wildman–Crippen LogP) is 3.98. The predicted molar refractivity (Wildman–Crippen MR) is 64.7 cm³/mol. The third-order valence-electron chi connectivity index (χ3n) is 3.86. The lowest BCUT2D eigenvalue weighted by atomic mass is 9.75. The van der Waals surface area contributed by atoms with Gasteiger partial charge >= 0.3 is 0 Å². The number of ketones is 1. The van der Waals surface area contributed by atoms with Crippen molar-refractivity contribution < 1.29 is 4.79 Å². The molecule has 0 aliphatic heterocycles. The average molecular weight is 208 g/mol. The molecule has 0 aromatic carbocycles. The molecule has 1 nitrogen and oxygen atoms in total. The fourth-order valence-corrected chi connectivity index (χ4v) is 2.35. The van der Waals surface area contributed by atoms with Crippen molar-refractivity contribution in [2.45, 2.75) is 53.9 Å². The Balaban J connectivity index is 2.51. The summed E-state index contributed by atoms with van der Waals surface area (Å²) in [6, 6.07) is 0. The Morgan fingerprint density at radius 3 is 2.53 bits per heavy atom. The van der Waals surface area contributed by atoms with E-state index in [2.05, 4.69) is 40.7 Å². The second-order valence-electron chi connectivity index (χ2n) is 5.88. The van der Waals surface area contributed by atoms with Gasteiger partial charge < -0.3 is 0 Å². The summed E-state index contributed by atoms with van der Waals surface area (Å²) < 4.78 is 0. The third-order valence-corrected chi connectivity index (χ3v) is 3.86. The first-order valence-corrected chi connectivity index (χ1v) is 6.03. The zero-order valence-corrected chi connectivity index (χ0v) is 10.8. The van der Waals surface area contributed by atoms with Crippen molar-refractivity contribution in [3.8, 4) is 0 Å². The van der Waals surface area contributed by atoms with E-state index < -0.39 is 0 Å². The quantitative estimate of drug-likeness (QED) is 0.639. The van der Waals surface area contributed by atoms with Crippen molar-refractivity contribution in [2.75, 3.05) is 0 Å². The van der Waals surface area contributed by atoms with E-state index in [4.69, 9.17) is 0 Å². The summed E-state index contributed by atoms with van der Waals surface area (Å²) in [5.74, 6) is 1.46. The number of carbonyl (C=O) groups is 1. The van der Waals surface area contributed by atoms with Gasteiger partial charge in [0.05, 0.1) is 0 Å². The van der Waals surface area contributed by atoms with Gasteiger partial charge in [0.2, 0.25) is 0 Å². The van der Waals surface area contributed by atoms with Crippen LogP contribution in [-0.4, -0.2) is 5.78 Å². The van der Waals surface area contributed by atoms with Crippen LogP contribution in [0.5, 0.6) is 0 Å². The van der Waals surface area contributed by atoms with E-state index in [0.29, 0.717) is 17.6 Å². The minimum atomic E-state index is 0.229. The highest BCUT2D eigenvalue weighted by molar-refractivity contribution is 5.79. The van der Waals surface area contributed by atoms with Crippen LogP contribution in [0.15, 0.2) is 11.6 Å². The zero-order chi connectivity index (χ0) is 11.6. The van der Waals surface area contributed by atoms with E-state index in [-0.39, 0.29) is 5.41 Å². The smallest absolute Gasteiger partial charge is 0.133 e. The molecule has 0 fully saturated rings. The summed E-state index contributed by atoms with van der Waals surface area (Å²) in [7, 11) is 0. The van der Waals surface area contributed by atoms with Gasteiger partial charge in [0.15, 0.2) is 0 Å². The highest BCUT2D eigenvalue weighted by Gasteiger charge is 2.35. The van der Waals surface area contributed by atoms with Crippen LogP contribution in [-0.2, 0) is 4.79 Å². The Bertz CT molecular complexity index is 271. The largest absolute Gasteiger partial charge is 0.300 e. The molecule has 1 aliphatic carbocycles. The molecule has 0 unspecified atom stereocenters. The topological polar surface area (TPSA) is 17.1 Å². The van der Waals surface area contributed by atoms with Crippen LogP contribution in [0.3, 0.4) is 0 Å². The molecule has 0 aromatic rings. The van der Waals surface area contributed by atoms with Gasteiger partial charge in [-0.25, -0.2) is 0 Å². The van der Waals surface area contributed by atoms with Crippen molar-refractivity contribution in [3.63, 3.8) is 0 Å². The SMILES string of the molecule is CC1=CC[C@H](CC(=O)CC(C)C)C1(C)C. The molecule has 1 rings (SSSR count). The molecule has 1 atom stereocenters. The van der Waals surface area contributed by atoms with Crippen molar-refractivity contribution in [1.29, 1.82) is 0 Å². The minimum Gasteiger partial charge on any atom is -0.300 e. The number of Topliss-reactive ketones (excluding diaryl/α,β-unsaturated/α-hetero) is 1. The standard InChI is InChI=1S/C14H24O/c1-10(2)8-13(15)9-12-7-6-11(3)14(12,4)5/h6,10,12H,7-9H2,1-5H3/t12-/m1/s1. The lowest BCUT2D eigenvalue weighted by Crippen LogP contribution is -2.23. The fraction of sp³-hybridized carbons (Fsp3) is 0.786. The van der Waals surface area contributed by atoms with Crippen molar-refractivity contribution in [1.82, 2.24) is 0 Å². The Hall–Kier alpha value is -0.590. The van der Waals surface area contributed by atoms with Crippen LogP contribution in [0.2, 0.25) is 0 Å². The van der Waals surface area contributed by atoms with Crippen molar-refractivity contribution >= 4 is 5.78 Å². The molecule has 0 radical (unpaired) electrons. The Kier molecular flexibility index (Phi) is 3.75. The Morgan fingerprint density at radius 2 is 2.13 bits per heavy atom. The van der Waals surface area contributed by atoms with E-state index in [1.54, 1.807) is 0 Å². The highest BCUT2D eigenvalue weighted by atomic mass is 16.1. The summed E-state index contributed by atoms with van der Waals surface area (Å²) >= 11 is 0. The summed E-state index contributed by atoms with van der Waals surface area (Å²) in [4.78, 5) is 11.8. The molecule has 0 saturated heterocycles. The number of carbonyl (C=O) groups excluding carboxylic acids is 1. The molecule has 1 heteroatoms. The van der Waals surface area contributed by atoms with Gasteiger partial charge in [0.25, 0.3) is 0 Å². The molecule has 0 heterocycles. The fourth-order valence-electron chi connectivity index (χ4n) is 2.35. The van der Waals surface area contributed by atoms with E-state index in [1.807, 2.05) is 0 Å². The van der Waals surface area contributed by atoms with Crippen LogP contribution >= 0.6 is 0 Å². The lowest BCUT2D eigenvalue weighted by molar-refractivity contribution is -0.121. The molecule has 0 amide bonds. The highest BCUT2D eigenvalue weighted by Crippen LogP contribution is 2.44. The Labute approximate surface area is 93.9 Å². The molecule has 0 saturated carbocycles. The number of hydrogen-bond acceptors (Lipinski definition) is 1. The summed E-state index contributed by atoms with van der Waals surface area (Å²) in [6.45, 7) is 10.9. The maximum Gasteiger partial charge on any atom is 0.133 e. The summed E-state index contributed by atoms with van der Waals surface area (Å²) in [6.07, 6.45) is 4.89. The zero-order valence-electron chi connectivity index (χ0n) is 10.8. The maximum atomic E-state index is 11.8. The third kappa shape index (κ3) is 2.93. The van der Waals surface area contributed by atoms with Gasteiger partial charge in [0, 0.05) is 12.8 Å². The minimum absolute atomic E-state index is 0.229. The van der Waals surface area contributed by atoms with E-state index in [9.17, 15) is 4.79 Å². The maximum absolute atomic E-state index is 11.8. The monoisotopic (exact) mass is 208 g/mol. The second-order valence-corrected chi connectivity index (χ2v) is 5.88. The van der Waals surface area contributed by atoms with Crippen LogP contribution < -0.4 is 0 Å². The van der Waals surface area contributed by atoms with Crippen molar-refractivity contribution in [3.05, 3.63) is 11.6 Å². The van der Waals surface area contributed by atoms with Gasteiger partial charge in [-0.1, -0.05) is 39.3 Å². The average Bonchev–Trinajstić information content (AvgIpc) is 2.30. The number of rotatable bonds is 4. The van der Waals surface area contributed by atoms with Gasteiger partial charge in [0.1, 0.15) is 5.78 Å². The first kappa shape index (κ1) is 12.5. The molecule has 0 aromatic heterocycles. The molecule has 0 bridgehead atoms. The van der Waals surface area contributed by atoms with Gasteiger partial charge in [-0.05, 0) is 30.6 Å². The molecule has 86 valence electrons. The molecular weight excluding hydrogens is 184 g/mol. The number of allylic oxidation sites excluding steroid dienone is 2. The molecule has 0 N–H and O–H groups in total. The second kappa shape index (κ2) is 4.51. The first-order valence-electron chi connectivity index (χ1n) is 6.03. The first-order chi connectivity index (χ1) is 6.84. The van der Waals surface area contributed by atoms with Gasteiger partial charge in [-0.2, -0.15) is 0 Å². The molecule has 15 heavy (non-hydrogen) atoms. The summed E-state index contributed by atoms with van der Waals surface area (Å²) in [5.41, 5.74) is 1.68. The normalized spacial score (nSPS) is 24.4. The van der Waals surface area contributed by atoms with Crippen LogP contribution in [0.1, 0.15) is 53.9 Å². The van der Waals surface area contributed by atoms with Crippen LogP contribution in [0.25, 0.3) is 0 Å². The Morgan fingerprint density at radius 1 is 1.53 bits per heavy atom. The molecule has 0 spiro atoms. The molecular formula is C14H24O. The van der Waals surface area contributed by atoms with E-state index in [0.717, 1.165) is 19.3 Å². The van der Waals surface area contributed by atoms with Gasteiger partial charge in [-0.15, -0.1) is 0 Å². The molecule has 1 aliphatic rings. The van der Waals surface area contributed by atoms with Crippen LogP contribution in [0.4, 0.5) is 0 Å². The van der Waals surface area contributed by atoms with E-state index in [1.165, 1.54) is 5.57 Å². The van der Waals surface area contributed by atoms with Crippen molar-refractivity contribution in [2.24, 2.45) is 17.3 Å². The number of hydrogen-bond donors (Lipinski definition) is 0. The van der Waals surface area contributed by atoms with Crippen LogP contribution in [0, 0.1) is 17.3 Å². The lowest BCUT2D eigenvalue weighted by Gasteiger charge is -2.29. The summed E-state index contributed by atoms with van der Waals surface area (Å²) in [5, 5.41) is 0. The van der Waals surface area contributed by atoms with Gasteiger partial charge in [-0.3, -0.25) is 4.79 Å².